The topological polar surface area (TPSA) is 81.7 Å². The average Bonchev–Trinajstić information content (AvgIpc) is 3.39. The molecule has 0 unspecified atom stereocenters. The maximum atomic E-state index is 12.6. The van der Waals surface area contributed by atoms with Gasteiger partial charge in [-0.3, -0.25) is 14.5 Å². The van der Waals surface area contributed by atoms with E-state index in [1.807, 2.05) is 34.0 Å². The van der Waals surface area contributed by atoms with E-state index in [0.29, 0.717) is 18.9 Å². The van der Waals surface area contributed by atoms with E-state index in [4.69, 9.17) is 0 Å². The van der Waals surface area contributed by atoms with E-state index in [9.17, 15) is 4.79 Å². The Balaban J connectivity index is 1.38. The molecule has 8 nitrogen and oxygen atoms in total. The molecule has 1 saturated heterocycles. The SMILES string of the molecule is CCn1c(Cn2cccn2)nnc1C1CCN(C(=O)Cc2cccnc2)CC1. The number of rotatable bonds is 6. The summed E-state index contributed by atoms with van der Waals surface area (Å²) < 4.78 is 4.05. The highest BCUT2D eigenvalue weighted by Crippen LogP contribution is 2.27. The minimum absolute atomic E-state index is 0.169. The first-order valence-corrected chi connectivity index (χ1v) is 9.80. The van der Waals surface area contributed by atoms with Crippen LogP contribution >= 0.6 is 0 Å². The van der Waals surface area contributed by atoms with Gasteiger partial charge in [0.25, 0.3) is 0 Å². The van der Waals surface area contributed by atoms with Crippen molar-refractivity contribution in [2.45, 2.75) is 45.2 Å². The van der Waals surface area contributed by atoms with E-state index < -0.39 is 0 Å². The Hall–Kier alpha value is -3.03. The zero-order valence-electron chi connectivity index (χ0n) is 16.1. The summed E-state index contributed by atoms with van der Waals surface area (Å²) in [5.74, 6) is 2.46. The van der Waals surface area contributed by atoms with Crippen LogP contribution in [-0.2, 0) is 24.3 Å². The third-order valence-electron chi connectivity index (χ3n) is 5.33. The van der Waals surface area contributed by atoms with Crippen molar-refractivity contribution in [3.8, 4) is 0 Å². The van der Waals surface area contributed by atoms with Gasteiger partial charge >= 0.3 is 0 Å². The van der Waals surface area contributed by atoms with Gasteiger partial charge in [0, 0.05) is 50.3 Å². The van der Waals surface area contributed by atoms with E-state index in [-0.39, 0.29) is 5.91 Å². The molecule has 3 aromatic heterocycles. The summed E-state index contributed by atoms with van der Waals surface area (Å²) in [6.07, 6.45) is 9.43. The summed E-state index contributed by atoms with van der Waals surface area (Å²) in [5, 5.41) is 13.2. The molecule has 1 aliphatic heterocycles. The first kappa shape index (κ1) is 18.3. The molecule has 4 heterocycles. The molecule has 0 bridgehead atoms. The number of amides is 1. The fraction of sp³-hybridized carbons (Fsp3) is 0.450. The molecule has 1 aliphatic rings. The minimum atomic E-state index is 0.169. The van der Waals surface area contributed by atoms with E-state index in [2.05, 4.69) is 31.8 Å². The third-order valence-corrected chi connectivity index (χ3v) is 5.33. The Morgan fingerprint density at radius 2 is 2.04 bits per heavy atom. The number of nitrogens with zero attached hydrogens (tertiary/aromatic N) is 7. The summed E-state index contributed by atoms with van der Waals surface area (Å²) in [4.78, 5) is 18.6. The van der Waals surface area contributed by atoms with Gasteiger partial charge in [-0.25, -0.2) is 0 Å². The van der Waals surface area contributed by atoms with Crippen LogP contribution in [0.2, 0.25) is 0 Å². The molecule has 1 fully saturated rings. The van der Waals surface area contributed by atoms with Crippen molar-refractivity contribution in [1.82, 2.24) is 34.4 Å². The predicted molar refractivity (Wildman–Crippen MR) is 104 cm³/mol. The lowest BCUT2D eigenvalue weighted by atomic mass is 9.95. The Morgan fingerprint density at radius 3 is 2.71 bits per heavy atom. The first-order chi connectivity index (χ1) is 13.7. The van der Waals surface area contributed by atoms with Gasteiger partial charge in [0.15, 0.2) is 5.82 Å². The smallest absolute Gasteiger partial charge is 0.227 e. The molecule has 0 radical (unpaired) electrons. The van der Waals surface area contributed by atoms with Crippen LogP contribution in [0.4, 0.5) is 0 Å². The van der Waals surface area contributed by atoms with Crippen LogP contribution in [-0.4, -0.2) is 53.4 Å². The van der Waals surface area contributed by atoms with Gasteiger partial charge in [-0.05, 0) is 37.5 Å². The number of piperidine rings is 1. The molecule has 0 N–H and O–H groups in total. The number of pyridine rings is 1. The van der Waals surface area contributed by atoms with Crippen LogP contribution in [0, 0.1) is 0 Å². The summed E-state index contributed by atoms with van der Waals surface area (Å²) in [7, 11) is 0. The molecule has 4 rings (SSSR count). The molecule has 1 amide bonds. The summed E-state index contributed by atoms with van der Waals surface area (Å²) in [5.41, 5.74) is 0.962. The summed E-state index contributed by atoms with van der Waals surface area (Å²) in [6, 6.07) is 5.72. The van der Waals surface area contributed by atoms with Gasteiger partial charge in [-0.1, -0.05) is 6.07 Å². The monoisotopic (exact) mass is 379 g/mol. The lowest BCUT2D eigenvalue weighted by Gasteiger charge is -2.31. The molecule has 0 aliphatic carbocycles. The van der Waals surface area contributed by atoms with E-state index in [0.717, 1.165) is 49.7 Å². The predicted octanol–water partition coefficient (Wildman–Crippen LogP) is 1.89. The van der Waals surface area contributed by atoms with Crippen LogP contribution < -0.4 is 0 Å². The Kier molecular flexibility index (Phi) is 5.45. The third kappa shape index (κ3) is 3.95. The van der Waals surface area contributed by atoms with Crippen LogP contribution in [0.1, 0.15) is 42.9 Å². The van der Waals surface area contributed by atoms with Crippen LogP contribution in [0.3, 0.4) is 0 Å². The number of hydrogen-bond acceptors (Lipinski definition) is 5. The van der Waals surface area contributed by atoms with Crippen LogP contribution in [0.15, 0.2) is 43.0 Å². The molecule has 0 atom stereocenters. The fourth-order valence-electron chi connectivity index (χ4n) is 3.83. The number of aromatic nitrogens is 6. The maximum Gasteiger partial charge on any atom is 0.227 e. The molecule has 146 valence electrons. The van der Waals surface area contributed by atoms with Crippen molar-refractivity contribution < 1.29 is 4.79 Å². The molecule has 8 heteroatoms. The minimum Gasteiger partial charge on any atom is -0.342 e. The van der Waals surface area contributed by atoms with Crippen molar-refractivity contribution >= 4 is 5.91 Å². The van der Waals surface area contributed by atoms with Gasteiger partial charge in [0.2, 0.25) is 5.91 Å². The summed E-state index contributed by atoms with van der Waals surface area (Å²) in [6.45, 7) is 5.09. The molecule has 3 aromatic rings. The van der Waals surface area contributed by atoms with Gasteiger partial charge in [0.1, 0.15) is 12.4 Å². The highest BCUT2D eigenvalue weighted by Gasteiger charge is 2.28. The van der Waals surface area contributed by atoms with Gasteiger partial charge < -0.3 is 9.47 Å². The van der Waals surface area contributed by atoms with Gasteiger partial charge in [0.05, 0.1) is 6.42 Å². The molecule has 28 heavy (non-hydrogen) atoms. The van der Waals surface area contributed by atoms with Crippen LogP contribution in [0.25, 0.3) is 0 Å². The lowest BCUT2D eigenvalue weighted by Crippen LogP contribution is -2.39. The fourth-order valence-corrected chi connectivity index (χ4v) is 3.83. The maximum absolute atomic E-state index is 12.6. The largest absolute Gasteiger partial charge is 0.342 e. The second-order valence-corrected chi connectivity index (χ2v) is 7.12. The number of carbonyl (C=O) groups excluding carboxylic acids is 1. The standard InChI is InChI=1S/C20H25N7O/c1-2-27-18(15-26-10-4-9-22-26)23-24-20(27)17-6-11-25(12-7-17)19(28)13-16-5-3-8-21-14-16/h3-5,8-10,14,17H,2,6-7,11-13,15H2,1H3. The quantitative estimate of drug-likeness (QED) is 0.653. The molecular formula is C20H25N7O. The van der Waals surface area contributed by atoms with Crippen molar-refractivity contribution in [2.75, 3.05) is 13.1 Å². The molecule has 0 saturated carbocycles. The van der Waals surface area contributed by atoms with Crippen molar-refractivity contribution in [1.29, 1.82) is 0 Å². The highest BCUT2D eigenvalue weighted by molar-refractivity contribution is 5.78. The van der Waals surface area contributed by atoms with Crippen molar-refractivity contribution in [3.63, 3.8) is 0 Å². The zero-order valence-corrected chi connectivity index (χ0v) is 16.1. The molecular weight excluding hydrogens is 354 g/mol. The molecule has 0 spiro atoms. The van der Waals surface area contributed by atoms with Crippen LogP contribution in [0.5, 0.6) is 0 Å². The average molecular weight is 379 g/mol. The van der Waals surface area contributed by atoms with Gasteiger partial charge in [-0.15, -0.1) is 10.2 Å². The van der Waals surface area contributed by atoms with E-state index >= 15 is 0 Å². The number of carbonyl (C=O) groups is 1. The zero-order chi connectivity index (χ0) is 19.3. The first-order valence-electron chi connectivity index (χ1n) is 9.80. The molecule has 0 aromatic carbocycles. The number of hydrogen-bond donors (Lipinski definition) is 0. The summed E-state index contributed by atoms with van der Waals surface area (Å²) >= 11 is 0. The highest BCUT2D eigenvalue weighted by atomic mass is 16.2. The van der Waals surface area contributed by atoms with E-state index in [1.165, 1.54) is 0 Å². The second kappa shape index (κ2) is 8.33. The Bertz CT molecular complexity index is 896. The van der Waals surface area contributed by atoms with E-state index in [1.54, 1.807) is 18.6 Å². The normalized spacial score (nSPS) is 15.1. The Labute approximate surface area is 164 Å². The van der Waals surface area contributed by atoms with Crippen molar-refractivity contribution in [3.05, 3.63) is 60.2 Å². The van der Waals surface area contributed by atoms with Gasteiger partial charge in [-0.2, -0.15) is 5.10 Å². The van der Waals surface area contributed by atoms with Crippen molar-refractivity contribution in [2.24, 2.45) is 0 Å². The Morgan fingerprint density at radius 1 is 1.18 bits per heavy atom. The lowest BCUT2D eigenvalue weighted by molar-refractivity contribution is -0.131. The number of likely N-dealkylation sites (tertiary alicyclic amines) is 1. The second-order valence-electron chi connectivity index (χ2n) is 7.12.